The highest BCUT2D eigenvalue weighted by atomic mass is 16.5. The quantitative estimate of drug-likeness (QED) is 0.637. The molecule has 1 N–H and O–H groups in total. The molecular weight excluding hydrogens is 174 g/mol. The van der Waals surface area contributed by atoms with E-state index in [1.807, 2.05) is 0 Å². The summed E-state index contributed by atoms with van der Waals surface area (Å²) >= 11 is 0. The van der Waals surface area contributed by atoms with E-state index in [-0.39, 0.29) is 0 Å². The Labute approximate surface area is 88.4 Å². The van der Waals surface area contributed by atoms with Gasteiger partial charge < -0.3 is 10.1 Å². The summed E-state index contributed by atoms with van der Waals surface area (Å²) in [4.78, 5) is 0. The van der Waals surface area contributed by atoms with Crippen LogP contribution in [0.15, 0.2) is 0 Å². The van der Waals surface area contributed by atoms with Crippen molar-refractivity contribution in [3.05, 3.63) is 0 Å². The minimum absolute atomic E-state index is 0.568. The first-order valence-electron chi connectivity index (χ1n) is 6.18. The van der Waals surface area contributed by atoms with E-state index < -0.39 is 0 Å². The summed E-state index contributed by atoms with van der Waals surface area (Å²) in [5, 5.41) is 3.48. The molecule has 0 aromatic heterocycles. The molecule has 0 amide bonds. The lowest BCUT2D eigenvalue weighted by Crippen LogP contribution is -2.30. The van der Waals surface area contributed by atoms with E-state index >= 15 is 0 Å². The van der Waals surface area contributed by atoms with Crippen LogP contribution in [0.4, 0.5) is 0 Å². The van der Waals surface area contributed by atoms with E-state index in [0.717, 1.165) is 13.2 Å². The van der Waals surface area contributed by atoms with Crippen molar-refractivity contribution in [3.63, 3.8) is 0 Å². The van der Waals surface area contributed by atoms with Gasteiger partial charge in [0.05, 0.1) is 12.7 Å². The second-order valence-corrected chi connectivity index (χ2v) is 4.42. The van der Waals surface area contributed by atoms with Crippen LogP contribution in [-0.2, 0) is 4.74 Å². The standard InChI is InChI=1S/C12H25NO/c1-3-6-11(2)13-9-10-14-12-7-4-5-8-12/h11-13H,3-10H2,1-2H3. The molecule has 1 atom stereocenters. The lowest BCUT2D eigenvalue weighted by molar-refractivity contribution is 0.0592. The summed E-state index contributed by atoms with van der Waals surface area (Å²) in [6.07, 6.45) is 8.39. The molecular formula is C12H25NO. The first-order valence-corrected chi connectivity index (χ1v) is 6.18. The van der Waals surface area contributed by atoms with Crippen LogP contribution in [0.5, 0.6) is 0 Å². The molecule has 0 bridgehead atoms. The minimum atomic E-state index is 0.568. The molecule has 1 rings (SSSR count). The maximum atomic E-state index is 5.77. The van der Waals surface area contributed by atoms with Crippen LogP contribution in [0, 0.1) is 0 Å². The molecule has 0 radical (unpaired) electrons. The van der Waals surface area contributed by atoms with E-state index in [2.05, 4.69) is 19.2 Å². The fourth-order valence-electron chi connectivity index (χ4n) is 2.12. The maximum Gasteiger partial charge on any atom is 0.0594 e. The van der Waals surface area contributed by atoms with Crippen molar-refractivity contribution in [3.8, 4) is 0 Å². The molecule has 14 heavy (non-hydrogen) atoms. The van der Waals surface area contributed by atoms with Gasteiger partial charge in [-0.2, -0.15) is 0 Å². The predicted octanol–water partition coefficient (Wildman–Crippen LogP) is 2.72. The predicted molar refractivity (Wildman–Crippen MR) is 60.6 cm³/mol. The largest absolute Gasteiger partial charge is 0.377 e. The molecule has 1 fully saturated rings. The van der Waals surface area contributed by atoms with Crippen molar-refractivity contribution in [1.82, 2.24) is 5.32 Å². The molecule has 0 aliphatic heterocycles. The molecule has 0 aromatic rings. The molecule has 0 aromatic carbocycles. The highest BCUT2D eigenvalue weighted by Gasteiger charge is 2.14. The monoisotopic (exact) mass is 199 g/mol. The Hall–Kier alpha value is -0.0800. The number of hydrogen-bond donors (Lipinski definition) is 1. The minimum Gasteiger partial charge on any atom is -0.377 e. The molecule has 0 saturated heterocycles. The Balaban J connectivity index is 1.88. The molecule has 1 aliphatic carbocycles. The van der Waals surface area contributed by atoms with Crippen LogP contribution in [0.25, 0.3) is 0 Å². The van der Waals surface area contributed by atoms with Crippen LogP contribution < -0.4 is 5.32 Å². The molecule has 0 heterocycles. The highest BCUT2D eigenvalue weighted by Crippen LogP contribution is 2.20. The first-order chi connectivity index (χ1) is 6.83. The van der Waals surface area contributed by atoms with Crippen molar-refractivity contribution in [2.75, 3.05) is 13.2 Å². The summed E-state index contributed by atoms with van der Waals surface area (Å²) in [7, 11) is 0. The van der Waals surface area contributed by atoms with Gasteiger partial charge in [-0.05, 0) is 26.2 Å². The number of hydrogen-bond acceptors (Lipinski definition) is 2. The maximum absolute atomic E-state index is 5.77. The van der Waals surface area contributed by atoms with E-state index in [9.17, 15) is 0 Å². The van der Waals surface area contributed by atoms with E-state index in [4.69, 9.17) is 4.74 Å². The lowest BCUT2D eigenvalue weighted by atomic mass is 10.2. The van der Waals surface area contributed by atoms with E-state index in [0.29, 0.717) is 12.1 Å². The smallest absolute Gasteiger partial charge is 0.0594 e. The van der Waals surface area contributed by atoms with Gasteiger partial charge in [-0.25, -0.2) is 0 Å². The van der Waals surface area contributed by atoms with E-state index in [1.54, 1.807) is 0 Å². The zero-order valence-corrected chi connectivity index (χ0v) is 9.72. The fourth-order valence-corrected chi connectivity index (χ4v) is 2.12. The Morgan fingerprint density at radius 3 is 2.71 bits per heavy atom. The summed E-state index contributed by atoms with van der Waals surface area (Å²) < 4.78 is 5.77. The second kappa shape index (κ2) is 7.24. The third kappa shape index (κ3) is 4.97. The molecule has 1 unspecified atom stereocenters. The van der Waals surface area contributed by atoms with Gasteiger partial charge in [-0.3, -0.25) is 0 Å². The van der Waals surface area contributed by atoms with Crippen LogP contribution in [0.2, 0.25) is 0 Å². The van der Waals surface area contributed by atoms with Crippen LogP contribution >= 0.6 is 0 Å². The van der Waals surface area contributed by atoms with Gasteiger partial charge in [0.25, 0.3) is 0 Å². The second-order valence-electron chi connectivity index (χ2n) is 4.42. The van der Waals surface area contributed by atoms with Crippen molar-refractivity contribution in [2.45, 2.75) is 64.5 Å². The van der Waals surface area contributed by atoms with Crippen molar-refractivity contribution in [1.29, 1.82) is 0 Å². The van der Waals surface area contributed by atoms with Gasteiger partial charge in [0.2, 0.25) is 0 Å². The van der Waals surface area contributed by atoms with Gasteiger partial charge in [-0.1, -0.05) is 26.2 Å². The average Bonchev–Trinajstić information content (AvgIpc) is 2.65. The molecule has 2 heteroatoms. The topological polar surface area (TPSA) is 21.3 Å². The molecule has 2 nitrogen and oxygen atoms in total. The number of rotatable bonds is 7. The Morgan fingerprint density at radius 1 is 1.36 bits per heavy atom. The average molecular weight is 199 g/mol. The van der Waals surface area contributed by atoms with Crippen molar-refractivity contribution >= 4 is 0 Å². The Morgan fingerprint density at radius 2 is 2.07 bits per heavy atom. The van der Waals surface area contributed by atoms with E-state index in [1.165, 1.54) is 38.5 Å². The van der Waals surface area contributed by atoms with Gasteiger partial charge >= 0.3 is 0 Å². The normalized spacial score (nSPS) is 20.1. The molecule has 0 spiro atoms. The van der Waals surface area contributed by atoms with Crippen LogP contribution in [0.3, 0.4) is 0 Å². The fraction of sp³-hybridized carbons (Fsp3) is 1.00. The zero-order chi connectivity index (χ0) is 10.2. The number of nitrogens with one attached hydrogen (secondary N) is 1. The van der Waals surface area contributed by atoms with Gasteiger partial charge in [0.15, 0.2) is 0 Å². The van der Waals surface area contributed by atoms with Crippen LogP contribution in [0.1, 0.15) is 52.4 Å². The molecule has 1 aliphatic rings. The Kier molecular flexibility index (Phi) is 6.20. The summed E-state index contributed by atoms with van der Waals surface area (Å²) in [6.45, 7) is 6.38. The highest BCUT2D eigenvalue weighted by molar-refractivity contribution is 4.67. The van der Waals surface area contributed by atoms with Crippen molar-refractivity contribution in [2.24, 2.45) is 0 Å². The summed E-state index contributed by atoms with van der Waals surface area (Å²) in [6, 6.07) is 0.646. The van der Waals surface area contributed by atoms with Gasteiger partial charge in [0, 0.05) is 12.6 Å². The van der Waals surface area contributed by atoms with Crippen LogP contribution in [-0.4, -0.2) is 25.3 Å². The summed E-state index contributed by atoms with van der Waals surface area (Å²) in [5.41, 5.74) is 0. The van der Waals surface area contributed by atoms with Gasteiger partial charge in [-0.15, -0.1) is 0 Å². The number of ether oxygens (including phenoxy) is 1. The lowest BCUT2D eigenvalue weighted by Gasteiger charge is -2.15. The SMILES string of the molecule is CCCC(C)NCCOC1CCCC1. The third-order valence-corrected chi connectivity index (χ3v) is 2.97. The third-order valence-electron chi connectivity index (χ3n) is 2.97. The zero-order valence-electron chi connectivity index (χ0n) is 9.72. The molecule has 1 saturated carbocycles. The van der Waals surface area contributed by atoms with Gasteiger partial charge in [0.1, 0.15) is 0 Å². The van der Waals surface area contributed by atoms with Crippen molar-refractivity contribution < 1.29 is 4.74 Å². The molecule has 84 valence electrons. The summed E-state index contributed by atoms with van der Waals surface area (Å²) in [5.74, 6) is 0. The Bertz CT molecular complexity index is 132. The first kappa shape index (κ1) is 12.0.